The van der Waals surface area contributed by atoms with E-state index in [0.29, 0.717) is 36.9 Å². The first kappa shape index (κ1) is 24.1. The maximum absolute atomic E-state index is 13.1. The van der Waals surface area contributed by atoms with E-state index in [0.717, 1.165) is 24.0 Å². The van der Waals surface area contributed by atoms with Gasteiger partial charge >= 0.3 is 12.3 Å². The van der Waals surface area contributed by atoms with Crippen LogP contribution in [0.3, 0.4) is 0 Å². The van der Waals surface area contributed by atoms with E-state index in [1.807, 2.05) is 0 Å². The van der Waals surface area contributed by atoms with E-state index in [4.69, 9.17) is 4.74 Å². The Labute approximate surface area is 185 Å². The van der Waals surface area contributed by atoms with E-state index in [-0.39, 0.29) is 0 Å². The van der Waals surface area contributed by atoms with Crippen LogP contribution in [0.15, 0.2) is 48.5 Å². The highest BCUT2D eigenvalue weighted by Gasteiger charge is 2.36. The lowest BCUT2D eigenvalue weighted by Gasteiger charge is -2.40. The van der Waals surface area contributed by atoms with Crippen LogP contribution in [-0.4, -0.2) is 51.4 Å². The smallest absolute Gasteiger partial charge is 0.416 e. The molecule has 1 aliphatic heterocycles. The zero-order valence-electron chi connectivity index (χ0n) is 17.7. The normalized spacial score (nSPS) is 19.6. The number of piperidine rings is 1. The predicted molar refractivity (Wildman–Crippen MR) is 114 cm³/mol. The van der Waals surface area contributed by atoms with Gasteiger partial charge in [0.05, 0.1) is 25.0 Å². The molecule has 0 saturated carbocycles. The summed E-state index contributed by atoms with van der Waals surface area (Å²) in [5.41, 5.74) is 1.05. The van der Waals surface area contributed by atoms with Gasteiger partial charge in [-0.25, -0.2) is 17.9 Å². The molecule has 6 nitrogen and oxygen atoms in total. The Morgan fingerprint density at radius 2 is 1.81 bits per heavy atom. The zero-order valence-corrected chi connectivity index (χ0v) is 18.5. The molecule has 1 fully saturated rings. The van der Waals surface area contributed by atoms with Gasteiger partial charge in [-0.2, -0.15) is 13.2 Å². The van der Waals surface area contributed by atoms with E-state index in [2.05, 4.69) is 4.72 Å². The van der Waals surface area contributed by atoms with E-state index in [9.17, 15) is 26.4 Å². The second-order valence-corrected chi connectivity index (χ2v) is 9.63. The largest absolute Gasteiger partial charge is 0.453 e. The molecule has 2 atom stereocenters. The second-order valence-electron chi connectivity index (χ2n) is 7.85. The Balaban J connectivity index is 1.92. The van der Waals surface area contributed by atoms with Gasteiger partial charge in [0, 0.05) is 12.6 Å². The van der Waals surface area contributed by atoms with Crippen LogP contribution in [0.25, 0.3) is 11.1 Å². The van der Waals surface area contributed by atoms with Crippen LogP contribution >= 0.6 is 0 Å². The molecule has 0 spiro atoms. The number of hydrogen-bond donors (Lipinski definition) is 1. The summed E-state index contributed by atoms with van der Waals surface area (Å²) in [6.45, 7) is 0.423. The number of methoxy groups -OCH3 is 1. The van der Waals surface area contributed by atoms with Crippen molar-refractivity contribution in [3.63, 3.8) is 0 Å². The SMILES string of the molecule is COC(=O)N1CCC[C@H](NS(C)(=O)=O)[C@@H]1Cc1cccc(-c2cccc(C(F)(F)F)c2)c1. The standard InChI is InChI=1S/C22H25F3N2O4S/c1-31-21(28)27-11-5-10-19(26-32(2,29)30)20(27)13-15-6-3-7-16(12-15)17-8-4-9-18(14-17)22(23,24)25/h3-4,6-9,12,14,19-20,26H,5,10-11,13H2,1-2H3/t19-,20-/m0/s1. The molecule has 0 aromatic heterocycles. The number of alkyl halides is 3. The molecule has 0 bridgehead atoms. The summed E-state index contributed by atoms with van der Waals surface area (Å²) in [6.07, 6.45) is -2.45. The number of halogens is 3. The Morgan fingerprint density at radius 1 is 1.16 bits per heavy atom. The molecule has 32 heavy (non-hydrogen) atoms. The number of ether oxygens (including phenoxy) is 1. The van der Waals surface area contributed by atoms with Crippen LogP contribution in [0.5, 0.6) is 0 Å². The van der Waals surface area contributed by atoms with Crippen molar-refractivity contribution in [1.82, 2.24) is 9.62 Å². The van der Waals surface area contributed by atoms with Crippen molar-refractivity contribution in [2.75, 3.05) is 19.9 Å². The third-order valence-electron chi connectivity index (χ3n) is 5.45. The first-order valence-electron chi connectivity index (χ1n) is 10.1. The molecular weight excluding hydrogens is 445 g/mol. The number of nitrogens with zero attached hydrogens (tertiary/aromatic N) is 1. The van der Waals surface area contributed by atoms with E-state index < -0.39 is 39.9 Å². The van der Waals surface area contributed by atoms with Gasteiger partial charge in [0.25, 0.3) is 0 Å². The van der Waals surface area contributed by atoms with Gasteiger partial charge in [-0.05, 0) is 48.1 Å². The molecule has 0 unspecified atom stereocenters. The maximum Gasteiger partial charge on any atom is 0.416 e. The molecule has 0 radical (unpaired) electrons. The lowest BCUT2D eigenvalue weighted by atomic mass is 9.90. The fourth-order valence-electron chi connectivity index (χ4n) is 4.06. The minimum atomic E-state index is -4.44. The lowest BCUT2D eigenvalue weighted by molar-refractivity contribution is -0.137. The number of benzene rings is 2. The number of hydrogen-bond acceptors (Lipinski definition) is 4. The highest BCUT2D eigenvalue weighted by atomic mass is 32.2. The molecule has 0 aliphatic carbocycles. The predicted octanol–water partition coefficient (Wildman–Crippen LogP) is 4.06. The molecule has 1 aliphatic rings. The first-order valence-corrected chi connectivity index (χ1v) is 12.0. The minimum Gasteiger partial charge on any atom is -0.453 e. The Kier molecular flexibility index (Phi) is 7.14. The summed E-state index contributed by atoms with van der Waals surface area (Å²) in [4.78, 5) is 13.8. The number of likely N-dealkylation sites (tertiary alicyclic amines) is 1. The van der Waals surface area contributed by atoms with Crippen LogP contribution in [0.2, 0.25) is 0 Å². The molecule has 1 saturated heterocycles. The average molecular weight is 471 g/mol. The summed E-state index contributed by atoms with van der Waals surface area (Å²) < 4.78 is 70.5. The number of nitrogens with one attached hydrogen (secondary N) is 1. The first-order chi connectivity index (χ1) is 15.0. The molecule has 1 N–H and O–H groups in total. The van der Waals surface area contributed by atoms with E-state index in [1.54, 1.807) is 30.3 Å². The van der Waals surface area contributed by atoms with Gasteiger partial charge in [0.2, 0.25) is 10.0 Å². The van der Waals surface area contributed by atoms with Crippen LogP contribution in [-0.2, 0) is 27.4 Å². The highest BCUT2D eigenvalue weighted by Crippen LogP contribution is 2.32. The van der Waals surface area contributed by atoms with Crippen LogP contribution in [0, 0.1) is 0 Å². The summed E-state index contributed by atoms with van der Waals surface area (Å²) in [5, 5.41) is 0. The fraction of sp³-hybridized carbons (Fsp3) is 0.409. The molecule has 2 aromatic carbocycles. The highest BCUT2D eigenvalue weighted by molar-refractivity contribution is 7.88. The van der Waals surface area contributed by atoms with Gasteiger partial charge in [-0.3, -0.25) is 0 Å². The number of amides is 1. The third kappa shape index (κ3) is 6.01. The van der Waals surface area contributed by atoms with Crippen molar-refractivity contribution in [3.05, 3.63) is 59.7 Å². The minimum absolute atomic E-state index is 0.315. The van der Waals surface area contributed by atoms with Crippen molar-refractivity contribution in [3.8, 4) is 11.1 Å². The Hall–Kier alpha value is -2.59. The van der Waals surface area contributed by atoms with Crippen LogP contribution in [0.1, 0.15) is 24.0 Å². The summed E-state index contributed by atoms with van der Waals surface area (Å²) in [5.74, 6) is 0. The number of carbonyl (C=O) groups is 1. The molecule has 3 rings (SSSR count). The quantitative estimate of drug-likeness (QED) is 0.715. The van der Waals surface area contributed by atoms with Gasteiger partial charge < -0.3 is 9.64 Å². The zero-order chi connectivity index (χ0) is 23.5. The van der Waals surface area contributed by atoms with E-state index >= 15 is 0 Å². The van der Waals surface area contributed by atoms with Crippen molar-refractivity contribution >= 4 is 16.1 Å². The van der Waals surface area contributed by atoms with Crippen LogP contribution < -0.4 is 4.72 Å². The summed E-state index contributed by atoms with van der Waals surface area (Å²) >= 11 is 0. The van der Waals surface area contributed by atoms with Crippen molar-refractivity contribution in [1.29, 1.82) is 0 Å². The Bertz CT molecular complexity index is 1070. The summed E-state index contributed by atoms with van der Waals surface area (Å²) in [6, 6.07) is 11.1. The lowest BCUT2D eigenvalue weighted by Crippen LogP contribution is -2.57. The second kappa shape index (κ2) is 9.50. The van der Waals surface area contributed by atoms with Crippen LogP contribution in [0.4, 0.5) is 18.0 Å². The average Bonchev–Trinajstić information content (AvgIpc) is 2.73. The third-order valence-corrected chi connectivity index (χ3v) is 6.18. The topological polar surface area (TPSA) is 75.7 Å². The van der Waals surface area contributed by atoms with Gasteiger partial charge in [-0.1, -0.05) is 36.4 Å². The van der Waals surface area contributed by atoms with Gasteiger partial charge in [-0.15, -0.1) is 0 Å². The van der Waals surface area contributed by atoms with Gasteiger partial charge in [0.1, 0.15) is 0 Å². The molecule has 2 aromatic rings. The maximum atomic E-state index is 13.1. The molecule has 1 heterocycles. The molecular formula is C22H25F3N2O4S. The fourth-order valence-corrected chi connectivity index (χ4v) is 4.89. The van der Waals surface area contributed by atoms with E-state index in [1.165, 1.54) is 18.1 Å². The van der Waals surface area contributed by atoms with Crippen molar-refractivity contribution in [2.45, 2.75) is 37.5 Å². The van der Waals surface area contributed by atoms with Gasteiger partial charge in [0.15, 0.2) is 0 Å². The monoisotopic (exact) mass is 470 g/mol. The molecule has 1 amide bonds. The number of rotatable bonds is 5. The van der Waals surface area contributed by atoms with Crippen molar-refractivity contribution in [2.24, 2.45) is 0 Å². The number of sulfonamides is 1. The molecule has 174 valence electrons. The number of carbonyl (C=O) groups excluding carboxylic acids is 1. The molecule has 10 heteroatoms. The Morgan fingerprint density at radius 3 is 2.44 bits per heavy atom. The summed E-state index contributed by atoms with van der Waals surface area (Å²) in [7, 11) is -2.24. The van der Waals surface area contributed by atoms with Crippen molar-refractivity contribution < 1.29 is 31.1 Å².